The van der Waals surface area contributed by atoms with E-state index in [1.807, 2.05) is 0 Å². The summed E-state index contributed by atoms with van der Waals surface area (Å²) in [5.74, 6) is -2.73. The Morgan fingerprint density at radius 1 is 0.538 bits per heavy atom. The first-order chi connectivity index (χ1) is 31.4. The van der Waals surface area contributed by atoms with Gasteiger partial charge in [-0.05, 0) is 75.6 Å². The van der Waals surface area contributed by atoms with Gasteiger partial charge in [0.25, 0.3) is 0 Å². The Bertz CT molecular complexity index is 1480. The molecule has 0 aliphatic rings. The Hall–Kier alpha value is -4.69. The van der Waals surface area contributed by atoms with Crippen LogP contribution in [0, 0.1) is 0 Å². The van der Waals surface area contributed by atoms with E-state index in [0.717, 1.165) is 57.8 Å². The van der Waals surface area contributed by atoms with Crippen molar-refractivity contribution < 1.29 is 67.5 Å². The Balaban J connectivity index is 1.94. The average Bonchev–Trinajstić information content (AvgIpc) is 3.28. The molecule has 0 aliphatic carbocycles. The zero-order chi connectivity index (χ0) is 47.8. The molecule has 0 bridgehead atoms. The van der Waals surface area contributed by atoms with E-state index < -0.39 is 24.0 Å². The number of aromatic carboxylic acids is 1. The molecular formula is C46H77N5O14. The average molecular weight is 924 g/mol. The number of rotatable bonds is 44. The number of hydrogen-bond acceptors (Lipinski definition) is 13. The lowest BCUT2D eigenvalue weighted by Gasteiger charge is -2.14. The lowest BCUT2D eigenvalue weighted by atomic mass is 10.0. The van der Waals surface area contributed by atoms with Crippen molar-refractivity contribution in [2.24, 2.45) is 5.73 Å². The predicted molar refractivity (Wildman–Crippen MR) is 243 cm³/mol. The molecule has 0 aliphatic heterocycles. The number of carboxylic acids is 2. The highest BCUT2D eigenvalue weighted by Gasteiger charge is 2.21. The number of nitrogens with two attached hydrogens (primary N) is 1. The summed E-state index contributed by atoms with van der Waals surface area (Å²) in [6, 6.07) is 4.56. The minimum atomic E-state index is -1.20. The number of carbonyl (C=O) groups excluding carboxylic acids is 5. The molecule has 2 atom stereocenters. The highest BCUT2D eigenvalue weighted by Crippen LogP contribution is 2.14. The number of carbonyl (C=O) groups is 7. The van der Waals surface area contributed by atoms with Crippen LogP contribution in [0.5, 0.6) is 5.75 Å². The third-order valence-corrected chi connectivity index (χ3v) is 9.98. The van der Waals surface area contributed by atoms with E-state index in [0.29, 0.717) is 83.8 Å². The van der Waals surface area contributed by atoms with Crippen LogP contribution in [0.25, 0.3) is 0 Å². The van der Waals surface area contributed by atoms with Gasteiger partial charge in [0.15, 0.2) is 0 Å². The van der Waals surface area contributed by atoms with Crippen LogP contribution in [-0.4, -0.2) is 143 Å². The number of unbranched alkanes of at least 4 members (excludes halogenated alkanes) is 9. The molecule has 370 valence electrons. The Morgan fingerprint density at radius 3 is 1.72 bits per heavy atom. The van der Waals surface area contributed by atoms with Crippen LogP contribution in [0.4, 0.5) is 0 Å². The minimum Gasteiger partial charge on any atom is -0.494 e. The highest BCUT2D eigenvalue weighted by atomic mass is 16.5. The first-order valence-electron chi connectivity index (χ1n) is 23.3. The SMILES string of the molecule is CCCCCNC(=O)COCCOCCCC(=O)[C@@H](N)CCCCNC(=O)COCCOCCNC(=O)CC[C@H](NC(=O)CCCCCCCCCOc1ccc(C(=O)O)cc1)C(=O)O. The number of aliphatic carboxylic acids is 1. The van der Waals surface area contributed by atoms with E-state index in [2.05, 4.69) is 28.2 Å². The molecule has 65 heavy (non-hydrogen) atoms. The molecule has 19 nitrogen and oxygen atoms in total. The fourth-order valence-corrected chi connectivity index (χ4v) is 6.19. The maximum absolute atomic E-state index is 12.3. The smallest absolute Gasteiger partial charge is 0.335 e. The van der Waals surface area contributed by atoms with Gasteiger partial charge in [-0.15, -0.1) is 0 Å². The Kier molecular flexibility index (Phi) is 35.6. The zero-order valence-corrected chi connectivity index (χ0v) is 38.5. The fourth-order valence-electron chi connectivity index (χ4n) is 6.19. The number of amides is 4. The normalized spacial score (nSPS) is 11.9. The molecule has 0 saturated heterocycles. The largest absolute Gasteiger partial charge is 0.494 e. The second-order valence-corrected chi connectivity index (χ2v) is 15.7. The molecule has 0 saturated carbocycles. The first kappa shape index (κ1) is 58.3. The van der Waals surface area contributed by atoms with E-state index in [4.69, 9.17) is 34.5 Å². The van der Waals surface area contributed by atoms with Gasteiger partial charge in [0.05, 0.1) is 51.2 Å². The standard InChI is InChI=1S/C46H77N5O14/c1-2-3-11-24-48-43(55)34-63-32-30-61-27-14-16-40(52)38(47)15-10-12-25-49-44(56)35-64-33-31-62-29-26-50-41(53)23-22-39(46(59)60)51-42(54)17-9-7-5-4-6-8-13-28-65-37-20-18-36(19-21-37)45(57)58/h18-21,38-39H,2-17,22-35,47H2,1H3,(H,48,55)(H,49,56)(H,50,53)(H,51,54)(H,57,58)(H,59,60)/t38-,39-/m0/s1. The number of hydrogen-bond donors (Lipinski definition) is 7. The second kappa shape index (κ2) is 39.7. The summed E-state index contributed by atoms with van der Waals surface area (Å²) in [5, 5.41) is 29.2. The summed E-state index contributed by atoms with van der Waals surface area (Å²) in [4.78, 5) is 83.1. The molecule has 1 aromatic carbocycles. The predicted octanol–water partition coefficient (Wildman–Crippen LogP) is 3.69. The maximum Gasteiger partial charge on any atom is 0.335 e. The minimum absolute atomic E-state index is 0.00173. The third kappa shape index (κ3) is 34.3. The van der Waals surface area contributed by atoms with Crippen LogP contribution in [0.2, 0.25) is 0 Å². The number of ether oxygens (including phenoxy) is 5. The van der Waals surface area contributed by atoms with Crippen molar-refractivity contribution in [2.75, 3.05) is 79.1 Å². The summed E-state index contributed by atoms with van der Waals surface area (Å²) in [6.07, 6.45) is 12.2. The first-order valence-corrected chi connectivity index (χ1v) is 23.3. The van der Waals surface area contributed by atoms with Gasteiger partial charge in [-0.2, -0.15) is 0 Å². The lowest BCUT2D eigenvalue weighted by Crippen LogP contribution is -2.41. The van der Waals surface area contributed by atoms with E-state index in [1.54, 1.807) is 12.1 Å². The Morgan fingerprint density at radius 2 is 1.11 bits per heavy atom. The fraction of sp³-hybridized carbons (Fsp3) is 0.717. The molecule has 0 radical (unpaired) electrons. The Labute approximate surface area is 384 Å². The van der Waals surface area contributed by atoms with Crippen LogP contribution in [-0.2, 0) is 47.7 Å². The van der Waals surface area contributed by atoms with Gasteiger partial charge in [-0.3, -0.25) is 24.0 Å². The van der Waals surface area contributed by atoms with Gasteiger partial charge in [-0.25, -0.2) is 9.59 Å². The monoisotopic (exact) mass is 924 g/mol. The topological polar surface area (TPSA) is 280 Å². The molecule has 1 rings (SSSR count). The molecule has 4 amide bonds. The molecule has 0 fully saturated rings. The quantitative estimate of drug-likeness (QED) is 0.0460. The molecule has 0 unspecified atom stereocenters. The van der Waals surface area contributed by atoms with Crippen LogP contribution >= 0.6 is 0 Å². The molecule has 19 heteroatoms. The number of Topliss-reactive ketones (excluding diaryl/α,β-unsaturated/α-hetero) is 1. The van der Waals surface area contributed by atoms with Gasteiger partial charge in [0.2, 0.25) is 23.6 Å². The van der Waals surface area contributed by atoms with Crippen LogP contribution in [0.15, 0.2) is 24.3 Å². The number of ketones is 1. The molecular weight excluding hydrogens is 847 g/mol. The van der Waals surface area contributed by atoms with Gasteiger partial charge >= 0.3 is 11.9 Å². The molecule has 0 spiro atoms. The van der Waals surface area contributed by atoms with E-state index in [1.165, 1.54) is 12.1 Å². The van der Waals surface area contributed by atoms with Crippen molar-refractivity contribution in [3.63, 3.8) is 0 Å². The van der Waals surface area contributed by atoms with Crippen molar-refractivity contribution in [3.8, 4) is 5.75 Å². The third-order valence-electron chi connectivity index (χ3n) is 9.98. The summed E-state index contributed by atoms with van der Waals surface area (Å²) < 4.78 is 27.1. The highest BCUT2D eigenvalue weighted by molar-refractivity contribution is 5.87. The van der Waals surface area contributed by atoms with E-state index in [9.17, 15) is 38.7 Å². The second-order valence-electron chi connectivity index (χ2n) is 15.7. The molecule has 8 N–H and O–H groups in total. The molecule has 0 heterocycles. The van der Waals surface area contributed by atoms with Gasteiger partial charge in [-0.1, -0.05) is 51.9 Å². The van der Waals surface area contributed by atoms with Crippen molar-refractivity contribution in [1.82, 2.24) is 21.3 Å². The summed E-state index contributed by atoms with van der Waals surface area (Å²) in [5.41, 5.74) is 6.24. The van der Waals surface area contributed by atoms with Gasteiger partial charge < -0.3 is 60.9 Å². The number of nitrogens with one attached hydrogen (secondary N) is 4. The zero-order valence-electron chi connectivity index (χ0n) is 38.5. The molecule has 0 aromatic heterocycles. The number of benzene rings is 1. The van der Waals surface area contributed by atoms with Crippen molar-refractivity contribution in [3.05, 3.63) is 29.8 Å². The van der Waals surface area contributed by atoms with Crippen molar-refractivity contribution in [2.45, 2.75) is 135 Å². The van der Waals surface area contributed by atoms with E-state index in [-0.39, 0.29) is 93.8 Å². The number of carboxylic acid groups (broad SMARTS) is 2. The van der Waals surface area contributed by atoms with E-state index >= 15 is 0 Å². The van der Waals surface area contributed by atoms with Crippen LogP contribution in [0.3, 0.4) is 0 Å². The summed E-state index contributed by atoms with van der Waals surface area (Å²) >= 11 is 0. The summed E-state index contributed by atoms with van der Waals surface area (Å²) in [6.45, 7) is 5.39. The van der Waals surface area contributed by atoms with Crippen molar-refractivity contribution >= 4 is 41.4 Å². The maximum atomic E-state index is 12.3. The van der Waals surface area contributed by atoms with Crippen molar-refractivity contribution in [1.29, 1.82) is 0 Å². The van der Waals surface area contributed by atoms with Crippen LogP contribution in [0.1, 0.15) is 133 Å². The van der Waals surface area contributed by atoms with Gasteiger partial charge in [0, 0.05) is 45.5 Å². The molecule has 1 aromatic rings. The van der Waals surface area contributed by atoms with Crippen LogP contribution < -0.4 is 31.7 Å². The lowest BCUT2D eigenvalue weighted by molar-refractivity contribution is -0.142. The van der Waals surface area contributed by atoms with Gasteiger partial charge in [0.1, 0.15) is 30.8 Å². The summed E-state index contributed by atoms with van der Waals surface area (Å²) in [7, 11) is 0.